The highest BCUT2D eigenvalue weighted by Crippen LogP contribution is 2.41. The number of fused-ring (bicyclic) bond motifs is 7. The van der Waals surface area contributed by atoms with Crippen LogP contribution < -0.4 is 4.90 Å². The molecule has 0 aliphatic heterocycles. The van der Waals surface area contributed by atoms with E-state index in [1.165, 1.54) is 43.8 Å². The summed E-state index contributed by atoms with van der Waals surface area (Å²) in [5.41, 5.74) is 9.87. The van der Waals surface area contributed by atoms with E-state index < -0.39 is 0 Å². The third-order valence-corrected chi connectivity index (χ3v) is 10.0. The Morgan fingerprint density at radius 2 is 0.780 bits per heavy atom. The standard InChI is InChI=1S/C48H31NO/c1-3-9-37-29-39(15-13-32(37)7-1)34-17-23-41(24-18-34)49(42-25-19-35(20-26-42)40-16-14-33-8-2-4-10-38(33)30-40)43-27-21-36-22-28-45-44-11-5-6-12-47(44)50-48(45)46(36)31-43/h1-31H. The molecule has 1 heterocycles. The van der Waals surface area contributed by atoms with Crippen LogP contribution in [0.25, 0.3) is 76.5 Å². The fraction of sp³-hybridized carbons (Fsp3) is 0. The van der Waals surface area contributed by atoms with E-state index in [2.05, 4.69) is 181 Å². The second kappa shape index (κ2) is 11.5. The van der Waals surface area contributed by atoms with Crippen molar-refractivity contribution in [2.24, 2.45) is 0 Å². The van der Waals surface area contributed by atoms with Crippen molar-refractivity contribution < 1.29 is 4.42 Å². The van der Waals surface area contributed by atoms with Crippen LogP contribution in [0.4, 0.5) is 17.1 Å². The molecule has 10 aromatic rings. The van der Waals surface area contributed by atoms with Crippen molar-refractivity contribution in [3.8, 4) is 22.3 Å². The molecule has 0 aliphatic carbocycles. The minimum Gasteiger partial charge on any atom is -0.455 e. The predicted octanol–water partition coefficient (Wildman–Crippen LogP) is 13.8. The van der Waals surface area contributed by atoms with E-state index in [-0.39, 0.29) is 0 Å². The molecule has 0 saturated carbocycles. The van der Waals surface area contributed by atoms with E-state index in [1.54, 1.807) is 0 Å². The molecule has 0 spiro atoms. The van der Waals surface area contributed by atoms with Gasteiger partial charge in [-0.1, -0.05) is 127 Å². The lowest BCUT2D eigenvalue weighted by atomic mass is 10.00. The molecule has 0 amide bonds. The number of furan rings is 1. The second-order valence-electron chi connectivity index (χ2n) is 13.0. The summed E-state index contributed by atoms with van der Waals surface area (Å²) in [6.45, 7) is 0. The number of rotatable bonds is 5. The molecule has 9 aromatic carbocycles. The van der Waals surface area contributed by atoms with Crippen LogP contribution in [0.1, 0.15) is 0 Å². The molecule has 0 saturated heterocycles. The summed E-state index contributed by atoms with van der Waals surface area (Å²) in [6.07, 6.45) is 0. The van der Waals surface area contributed by atoms with Crippen LogP contribution in [0.2, 0.25) is 0 Å². The Bertz CT molecular complexity index is 2740. The van der Waals surface area contributed by atoms with Gasteiger partial charge in [0.25, 0.3) is 0 Å². The lowest BCUT2D eigenvalue weighted by molar-refractivity contribution is 0.672. The molecule has 0 bridgehead atoms. The quantitative estimate of drug-likeness (QED) is 0.187. The van der Waals surface area contributed by atoms with Gasteiger partial charge in [-0.25, -0.2) is 0 Å². The summed E-state index contributed by atoms with van der Waals surface area (Å²) in [5, 5.41) is 9.52. The Balaban J connectivity index is 1.10. The molecule has 0 fully saturated rings. The molecule has 0 aliphatic rings. The molecule has 0 radical (unpaired) electrons. The molecule has 234 valence electrons. The summed E-state index contributed by atoms with van der Waals surface area (Å²) < 4.78 is 6.48. The molecule has 50 heavy (non-hydrogen) atoms. The van der Waals surface area contributed by atoms with E-state index in [1.807, 2.05) is 12.1 Å². The third-order valence-electron chi connectivity index (χ3n) is 10.0. The average molecular weight is 638 g/mol. The highest BCUT2D eigenvalue weighted by atomic mass is 16.3. The lowest BCUT2D eigenvalue weighted by Gasteiger charge is -2.26. The highest BCUT2D eigenvalue weighted by Gasteiger charge is 2.17. The summed E-state index contributed by atoms with van der Waals surface area (Å²) in [4.78, 5) is 2.34. The topological polar surface area (TPSA) is 16.4 Å². The van der Waals surface area contributed by atoms with E-state index in [0.717, 1.165) is 49.8 Å². The highest BCUT2D eigenvalue weighted by molar-refractivity contribution is 6.15. The van der Waals surface area contributed by atoms with Gasteiger partial charge < -0.3 is 9.32 Å². The maximum Gasteiger partial charge on any atom is 0.143 e. The smallest absolute Gasteiger partial charge is 0.143 e. The molecule has 2 heteroatoms. The van der Waals surface area contributed by atoms with Crippen LogP contribution >= 0.6 is 0 Å². The van der Waals surface area contributed by atoms with Gasteiger partial charge in [0.2, 0.25) is 0 Å². The van der Waals surface area contributed by atoms with Gasteiger partial charge in [-0.3, -0.25) is 0 Å². The van der Waals surface area contributed by atoms with Crippen molar-refractivity contribution in [3.05, 3.63) is 188 Å². The van der Waals surface area contributed by atoms with Crippen molar-refractivity contribution in [1.82, 2.24) is 0 Å². The third kappa shape index (κ3) is 4.81. The number of anilines is 3. The van der Waals surface area contributed by atoms with Gasteiger partial charge in [-0.05, 0) is 110 Å². The minimum atomic E-state index is 0.908. The largest absolute Gasteiger partial charge is 0.455 e. The summed E-state index contributed by atoms with van der Waals surface area (Å²) >= 11 is 0. The normalized spacial score (nSPS) is 11.6. The molecule has 2 nitrogen and oxygen atoms in total. The zero-order chi connectivity index (χ0) is 33.0. The fourth-order valence-electron chi connectivity index (χ4n) is 7.42. The number of hydrogen-bond acceptors (Lipinski definition) is 2. The van der Waals surface area contributed by atoms with Crippen molar-refractivity contribution in [3.63, 3.8) is 0 Å². The van der Waals surface area contributed by atoms with Gasteiger partial charge in [-0.15, -0.1) is 0 Å². The molecule has 0 atom stereocenters. The van der Waals surface area contributed by atoms with Gasteiger partial charge in [0.1, 0.15) is 11.2 Å². The van der Waals surface area contributed by atoms with Crippen LogP contribution in [0, 0.1) is 0 Å². The number of nitrogens with zero attached hydrogens (tertiary/aromatic N) is 1. The Morgan fingerprint density at radius 3 is 1.40 bits per heavy atom. The number of benzene rings is 9. The maximum absolute atomic E-state index is 6.48. The van der Waals surface area contributed by atoms with Gasteiger partial charge in [0.05, 0.1) is 0 Å². The van der Waals surface area contributed by atoms with E-state index in [9.17, 15) is 0 Å². The first-order valence-corrected chi connectivity index (χ1v) is 17.1. The van der Waals surface area contributed by atoms with Crippen molar-refractivity contribution >= 4 is 71.3 Å². The first-order chi connectivity index (χ1) is 24.7. The lowest BCUT2D eigenvalue weighted by Crippen LogP contribution is -2.09. The minimum absolute atomic E-state index is 0.908. The Hall–Kier alpha value is -6.64. The number of hydrogen-bond donors (Lipinski definition) is 0. The monoisotopic (exact) mass is 637 g/mol. The van der Waals surface area contributed by atoms with Gasteiger partial charge >= 0.3 is 0 Å². The Kier molecular flexibility index (Phi) is 6.53. The first-order valence-electron chi connectivity index (χ1n) is 17.1. The fourth-order valence-corrected chi connectivity index (χ4v) is 7.42. The molecular weight excluding hydrogens is 607 g/mol. The summed E-state index contributed by atoms with van der Waals surface area (Å²) in [5.74, 6) is 0. The maximum atomic E-state index is 6.48. The Morgan fingerprint density at radius 1 is 0.300 bits per heavy atom. The second-order valence-corrected chi connectivity index (χ2v) is 13.0. The SMILES string of the molecule is c1ccc2cc(-c3ccc(N(c4ccc(-c5ccc6ccccc6c5)cc4)c4ccc5ccc6c7ccccc7oc6c5c4)cc3)ccc2c1. The predicted molar refractivity (Wildman–Crippen MR) is 212 cm³/mol. The van der Waals surface area contributed by atoms with Crippen molar-refractivity contribution in [1.29, 1.82) is 0 Å². The van der Waals surface area contributed by atoms with Crippen molar-refractivity contribution in [2.75, 3.05) is 4.90 Å². The molecule has 0 unspecified atom stereocenters. The van der Waals surface area contributed by atoms with Gasteiger partial charge in [0.15, 0.2) is 0 Å². The van der Waals surface area contributed by atoms with Crippen LogP contribution in [0.5, 0.6) is 0 Å². The average Bonchev–Trinajstić information content (AvgIpc) is 3.58. The van der Waals surface area contributed by atoms with Crippen LogP contribution in [0.3, 0.4) is 0 Å². The van der Waals surface area contributed by atoms with E-state index in [0.29, 0.717) is 0 Å². The summed E-state index contributed by atoms with van der Waals surface area (Å²) in [6, 6.07) is 67.6. The van der Waals surface area contributed by atoms with Crippen LogP contribution in [-0.4, -0.2) is 0 Å². The van der Waals surface area contributed by atoms with Crippen LogP contribution in [0.15, 0.2) is 192 Å². The molecular formula is C48H31NO. The van der Waals surface area contributed by atoms with E-state index >= 15 is 0 Å². The molecule has 10 rings (SSSR count). The van der Waals surface area contributed by atoms with Gasteiger partial charge in [-0.2, -0.15) is 0 Å². The summed E-state index contributed by atoms with van der Waals surface area (Å²) in [7, 11) is 0. The van der Waals surface area contributed by atoms with Crippen LogP contribution in [-0.2, 0) is 0 Å². The zero-order valence-corrected chi connectivity index (χ0v) is 27.3. The number of para-hydroxylation sites is 1. The zero-order valence-electron chi connectivity index (χ0n) is 27.3. The van der Waals surface area contributed by atoms with E-state index in [4.69, 9.17) is 4.42 Å². The Labute approximate surface area is 290 Å². The van der Waals surface area contributed by atoms with Gasteiger partial charge in [0, 0.05) is 33.2 Å². The molecule has 1 aromatic heterocycles. The first kappa shape index (κ1) is 28.4. The molecule has 0 N–H and O–H groups in total. The van der Waals surface area contributed by atoms with Crippen molar-refractivity contribution in [2.45, 2.75) is 0 Å².